The van der Waals surface area contributed by atoms with Gasteiger partial charge in [0.1, 0.15) is 0 Å². The average molecular weight is 375 g/mol. The van der Waals surface area contributed by atoms with Crippen molar-refractivity contribution in [1.29, 1.82) is 0 Å². The van der Waals surface area contributed by atoms with E-state index in [2.05, 4.69) is 0 Å². The molecule has 0 aromatic carbocycles. The van der Waals surface area contributed by atoms with Crippen LogP contribution < -0.4 is 0 Å². The van der Waals surface area contributed by atoms with E-state index in [0.717, 1.165) is 0 Å². The monoisotopic (exact) mass is 374 g/mol. The van der Waals surface area contributed by atoms with Crippen LogP contribution in [0.4, 0.5) is 0 Å². The largest absolute Gasteiger partial charge is 0.655 e. The molecule has 1 rings (SSSR count). The molecule has 1 saturated heterocycles. The van der Waals surface area contributed by atoms with Crippen molar-refractivity contribution in [1.82, 2.24) is 0 Å². The maximum Gasteiger partial charge on any atom is 0.655 e. The first-order valence-electron chi connectivity index (χ1n) is 6.49. The van der Waals surface area contributed by atoms with E-state index in [1.807, 2.05) is 26.2 Å². The Hall–Kier alpha value is 0.804. The highest BCUT2D eigenvalue weighted by Gasteiger charge is 2.55. The fraction of sp³-hybridized carbons (Fsp3) is 1.00. The summed E-state index contributed by atoms with van der Waals surface area (Å²) < 4.78 is 28.9. The van der Waals surface area contributed by atoms with Crippen molar-refractivity contribution < 1.29 is 30.2 Å². The molecule has 1 aliphatic heterocycles. The van der Waals surface area contributed by atoms with Crippen LogP contribution >= 0.6 is 0 Å². The lowest BCUT2D eigenvalue weighted by Gasteiger charge is -2.44. The van der Waals surface area contributed by atoms with Gasteiger partial charge in [-0.05, 0) is 52.4 Å². The number of hydrogen-bond donors (Lipinski definition) is 2. The molecule has 12 heteroatoms. The summed E-state index contributed by atoms with van der Waals surface area (Å²) in [5.74, 6) is 0. The van der Waals surface area contributed by atoms with Crippen LogP contribution in [0, 0.1) is 0 Å². The van der Waals surface area contributed by atoms with Crippen molar-refractivity contribution in [2.45, 2.75) is 52.4 Å². The fourth-order valence-corrected chi connectivity index (χ4v) is 24.6. The normalized spacial score (nSPS) is 31.5. The molecule has 0 aliphatic carbocycles. The molecule has 2 N–H and O–H groups in total. The first-order chi connectivity index (χ1) is 8.54. The standard InChI is InChI=1S/C8H26O7Si5/c1-16(2)11-17(3,4)13-19(7,8)15-20(9,10)14-18(5,6)12-16/h9-10H,1-8H3. The Kier molecular flexibility index (Phi) is 5.15. The third kappa shape index (κ3) is 6.28. The van der Waals surface area contributed by atoms with Gasteiger partial charge in [0, 0.05) is 0 Å². The Morgan fingerprint density at radius 2 is 0.650 bits per heavy atom. The summed E-state index contributed by atoms with van der Waals surface area (Å²) in [5, 5.41) is 0. The van der Waals surface area contributed by atoms with Gasteiger partial charge in [-0.1, -0.05) is 0 Å². The van der Waals surface area contributed by atoms with Gasteiger partial charge in [-0.2, -0.15) is 0 Å². The predicted molar refractivity (Wildman–Crippen MR) is 85.5 cm³/mol. The van der Waals surface area contributed by atoms with E-state index in [4.69, 9.17) is 20.6 Å². The molecule has 0 saturated carbocycles. The Balaban J connectivity index is 3.15. The van der Waals surface area contributed by atoms with E-state index in [1.165, 1.54) is 0 Å². The minimum Gasteiger partial charge on any atom is -0.416 e. The van der Waals surface area contributed by atoms with Gasteiger partial charge in [0.2, 0.25) is 0 Å². The second kappa shape index (κ2) is 5.46. The second-order valence-corrected chi connectivity index (χ2v) is 23.0. The summed E-state index contributed by atoms with van der Waals surface area (Å²) in [6.07, 6.45) is 0. The fourth-order valence-electron chi connectivity index (χ4n) is 2.52. The first-order valence-corrected chi connectivity index (χ1v) is 19.5. The summed E-state index contributed by atoms with van der Waals surface area (Å²) in [4.78, 5) is 20.1. The summed E-state index contributed by atoms with van der Waals surface area (Å²) in [5.41, 5.74) is 0. The van der Waals surface area contributed by atoms with E-state index in [9.17, 15) is 9.59 Å². The van der Waals surface area contributed by atoms with Gasteiger partial charge in [-0.25, -0.2) is 0 Å². The molecule has 1 aliphatic rings. The van der Waals surface area contributed by atoms with Gasteiger partial charge in [-0.15, -0.1) is 0 Å². The van der Waals surface area contributed by atoms with E-state index in [0.29, 0.717) is 0 Å². The molecule has 0 aromatic rings. The lowest BCUT2D eigenvalue weighted by molar-refractivity contribution is 0.100. The Morgan fingerprint density at radius 3 is 0.900 bits per heavy atom. The highest BCUT2D eigenvalue weighted by molar-refractivity contribution is 6.91. The molecule has 1 heterocycles. The molecule has 0 bridgehead atoms. The van der Waals surface area contributed by atoms with E-state index < -0.39 is 43.3 Å². The minimum atomic E-state index is -4.26. The third-order valence-electron chi connectivity index (χ3n) is 2.23. The molecule has 1 fully saturated rings. The van der Waals surface area contributed by atoms with Crippen molar-refractivity contribution in [2.24, 2.45) is 0 Å². The lowest BCUT2D eigenvalue weighted by Crippen LogP contribution is -2.65. The van der Waals surface area contributed by atoms with Gasteiger partial charge in [0.05, 0.1) is 0 Å². The number of rotatable bonds is 0. The van der Waals surface area contributed by atoms with Gasteiger partial charge in [0.25, 0.3) is 0 Å². The molecule has 120 valence electrons. The van der Waals surface area contributed by atoms with Gasteiger partial charge < -0.3 is 30.2 Å². The van der Waals surface area contributed by atoms with Crippen LogP contribution in [0.2, 0.25) is 52.4 Å². The molecular formula is C8H26O7Si5. The molecule has 7 nitrogen and oxygen atoms in total. The molecule has 0 amide bonds. The Morgan fingerprint density at radius 1 is 0.450 bits per heavy atom. The average Bonchev–Trinajstić information content (AvgIpc) is 1.84. The molecule has 0 aromatic heterocycles. The summed E-state index contributed by atoms with van der Waals surface area (Å²) >= 11 is 0. The predicted octanol–water partition coefficient (Wildman–Crippen LogP) is 1.31. The zero-order valence-electron chi connectivity index (χ0n) is 13.4. The molecule has 0 unspecified atom stereocenters. The lowest BCUT2D eigenvalue weighted by atomic mass is 11.9. The van der Waals surface area contributed by atoms with Crippen LogP contribution in [-0.4, -0.2) is 52.9 Å². The first kappa shape index (κ1) is 18.9. The smallest absolute Gasteiger partial charge is 0.416 e. The second-order valence-electron chi connectivity index (χ2n) is 6.66. The SMILES string of the molecule is C[Si]1(C)O[Si](C)(C)O[Si](C)(C)O[Si](O)(O)O[Si](C)(C)O1. The topological polar surface area (TPSA) is 86.6 Å². The highest BCUT2D eigenvalue weighted by atomic mass is 28.5. The van der Waals surface area contributed by atoms with Gasteiger partial charge >= 0.3 is 43.3 Å². The quantitative estimate of drug-likeness (QED) is 0.618. The van der Waals surface area contributed by atoms with Crippen LogP contribution in [0.5, 0.6) is 0 Å². The van der Waals surface area contributed by atoms with Crippen LogP contribution in [0.25, 0.3) is 0 Å². The minimum absolute atomic E-state index is 1.76. The van der Waals surface area contributed by atoms with E-state index in [1.54, 1.807) is 26.2 Å². The van der Waals surface area contributed by atoms with Crippen molar-refractivity contribution in [3.05, 3.63) is 0 Å². The van der Waals surface area contributed by atoms with Crippen molar-refractivity contribution in [2.75, 3.05) is 0 Å². The van der Waals surface area contributed by atoms with Crippen molar-refractivity contribution >= 4 is 43.3 Å². The summed E-state index contributed by atoms with van der Waals surface area (Å²) in [7, 11) is -14.8. The Bertz CT molecular complexity index is 269. The molecule has 0 atom stereocenters. The van der Waals surface area contributed by atoms with Crippen LogP contribution in [0.1, 0.15) is 0 Å². The maximum absolute atomic E-state index is 10.1. The zero-order chi connectivity index (χ0) is 16.0. The summed E-state index contributed by atoms with van der Waals surface area (Å²) in [6.45, 7) is 14.7. The van der Waals surface area contributed by atoms with Crippen molar-refractivity contribution in [3.63, 3.8) is 0 Å². The highest BCUT2D eigenvalue weighted by Crippen LogP contribution is 2.28. The van der Waals surface area contributed by atoms with Crippen LogP contribution in [0.15, 0.2) is 0 Å². The molecule has 0 radical (unpaired) electrons. The third-order valence-corrected chi connectivity index (χ3v) is 20.1. The van der Waals surface area contributed by atoms with Gasteiger partial charge in [-0.3, -0.25) is 0 Å². The molecule has 20 heavy (non-hydrogen) atoms. The van der Waals surface area contributed by atoms with Crippen LogP contribution in [0.3, 0.4) is 0 Å². The Labute approximate surface area is 126 Å². The van der Waals surface area contributed by atoms with Gasteiger partial charge in [0.15, 0.2) is 0 Å². The van der Waals surface area contributed by atoms with E-state index in [-0.39, 0.29) is 0 Å². The number of hydrogen-bond acceptors (Lipinski definition) is 7. The zero-order valence-corrected chi connectivity index (χ0v) is 18.4. The summed E-state index contributed by atoms with van der Waals surface area (Å²) in [6, 6.07) is 0. The maximum atomic E-state index is 10.1. The van der Waals surface area contributed by atoms with E-state index >= 15 is 0 Å². The van der Waals surface area contributed by atoms with Crippen molar-refractivity contribution in [3.8, 4) is 0 Å². The molecule has 0 spiro atoms. The molecular weight excluding hydrogens is 349 g/mol. The van der Waals surface area contributed by atoms with Crippen LogP contribution in [-0.2, 0) is 20.6 Å².